The molecule has 1 N–H and O–H groups in total. The van der Waals surface area contributed by atoms with Gasteiger partial charge in [-0.1, -0.05) is 51.6 Å². The van der Waals surface area contributed by atoms with Crippen LogP contribution in [-0.4, -0.2) is 36.2 Å². The second kappa shape index (κ2) is 7.70. The molecule has 0 heterocycles. The standard InChI is InChI=1S/C11H9Cl4N3O3/c1-18(2)10(19)9(15)17-21-11(20)16-8-4-6(13)5(12)3-7(8)14/h3-4H,1-2H3,(H,16,20)/b17-9-. The number of nitrogens with zero attached hydrogens (tertiary/aromatic N) is 2. The Balaban J connectivity index is 2.73. The van der Waals surface area contributed by atoms with E-state index in [4.69, 9.17) is 46.4 Å². The van der Waals surface area contributed by atoms with E-state index in [0.29, 0.717) is 0 Å². The van der Waals surface area contributed by atoms with Crippen LogP contribution < -0.4 is 5.32 Å². The Morgan fingerprint density at radius 1 is 1.14 bits per heavy atom. The SMILES string of the molecule is CN(C)C(=O)/C(Cl)=N/OC(=O)Nc1cc(Cl)c(Cl)cc1Cl. The number of halogens is 4. The van der Waals surface area contributed by atoms with Gasteiger partial charge in [0, 0.05) is 14.1 Å². The van der Waals surface area contributed by atoms with Crippen molar-refractivity contribution in [1.29, 1.82) is 0 Å². The molecule has 0 atom stereocenters. The lowest BCUT2D eigenvalue weighted by molar-refractivity contribution is -0.121. The van der Waals surface area contributed by atoms with Crippen molar-refractivity contribution in [1.82, 2.24) is 4.90 Å². The predicted molar refractivity (Wildman–Crippen MR) is 83.6 cm³/mol. The Morgan fingerprint density at radius 3 is 2.29 bits per heavy atom. The van der Waals surface area contributed by atoms with Crippen LogP contribution in [0.25, 0.3) is 0 Å². The Kier molecular flexibility index (Phi) is 6.54. The summed E-state index contributed by atoms with van der Waals surface area (Å²) in [5, 5.41) is 5.54. The summed E-state index contributed by atoms with van der Waals surface area (Å²) in [4.78, 5) is 28.4. The van der Waals surface area contributed by atoms with Gasteiger partial charge in [-0.05, 0) is 12.1 Å². The highest BCUT2D eigenvalue weighted by Gasteiger charge is 2.14. The van der Waals surface area contributed by atoms with E-state index >= 15 is 0 Å². The van der Waals surface area contributed by atoms with E-state index in [2.05, 4.69) is 15.3 Å². The number of rotatable bonds is 3. The number of benzene rings is 1. The lowest BCUT2D eigenvalue weighted by Gasteiger charge is -2.08. The molecule has 0 bridgehead atoms. The number of amides is 2. The smallest absolute Gasteiger partial charge is 0.343 e. The third-order valence-corrected chi connectivity index (χ3v) is 3.30. The fourth-order valence-corrected chi connectivity index (χ4v) is 1.85. The van der Waals surface area contributed by atoms with Crippen molar-refractivity contribution in [2.45, 2.75) is 0 Å². The first kappa shape index (κ1) is 17.8. The zero-order valence-electron chi connectivity index (χ0n) is 10.8. The maximum absolute atomic E-state index is 11.5. The zero-order valence-corrected chi connectivity index (χ0v) is 13.8. The number of carbonyl (C=O) groups excluding carboxylic acids is 2. The van der Waals surface area contributed by atoms with Crippen LogP contribution >= 0.6 is 46.4 Å². The average Bonchev–Trinajstić information content (AvgIpc) is 2.41. The molecule has 0 saturated carbocycles. The topological polar surface area (TPSA) is 71.0 Å². The molecule has 0 aromatic heterocycles. The van der Waals surface area contributed by atoms with Gasteiger partial charge in [-0.15, -0.1) is 0 Å². The van der Waals surface area contributed by atoms with Crippen LogP contribution in [0.15, 0.2) is 17.3 Å². The summed E-state index contributed by atoms with van der Waals surface area (Å²) >= 11 is 22.9. The summed E-state index contributed by atoms with van der Waals surface area (Å²) < 4.78 is 0. The molecule has 0 aliphatic heterocycles. The van der Waals surface area contributed by atoms with Crippen molar-refractivity contribution in [2.75, 3.05) is 19.4 Å². The second-order valence-electron chi connectivity index (χ2n) is 3.83. The first-order valence-corrected chi connectivity index (χ1v) is 6.81. The van der Waals surface area contributed by atoms with Gasteiger partial charge in [0.1, 0.15) is 0 Å². The second-order valence-corrected chi connectivity index (χ2v) is 5.41. The third-order valence-electron chi connectivity index (χ3n) is 2.04. The van der Waals surface area contributed by atoms with Crippen LogP contribution in [0.3, 0.4) is 0 Å². The Morgan fingerprint density at radius 2 is 1.71 bits per heavy atom. The molecular formula is C11H9Cl4N3O3. The fourth-order valence-electron chi connectivity index (χ4n) is 1.06. The van der Waals surface area contributed by atoms with Crippen LogP contribution in [0.2, 0.25) is 15.1 Å². The molecular weight excluding hydrogens is 364 g/mol. The van der Waals surface area contributed by atoms with Crippen LogP contribution in [0.5, 0.6) is 0 Å². The number of hydrogen-bond acceptors (Lipinski definition) is 4. The van der Waals surface area contributed by atoms with E-state index in [9.17, 15) is 9.59 Å². The molecule has 0 aliphatic carbocycles. The van der Waals surface area contributed by atoms with Gasteiger partial charge in [0.15, 0.2) is 0 Å². The summed E-state index contributed by atoms with van der Waals surface area (Å²) in [5.41, 5.74) is 0.168. The van der Waals surface area contributed by atoms with Crippen LogP contribution in [0, 0.1) is 0 Å². The third kappa shape index (κ3) is 5.24. The first-order chi connectivity index (χ1) is 9.72. The molecule has 0 radical (unpaired) electrons. The summed E-state index contributed by atoms with van der Waals surface area (Å²) in [6, 6.07) is 2.69. The molecule has 0 aliphatic rings. The van der Waals surface area contributed by atoms with E-state index < -0.39 is 17.2 Å². The van der Waals surface area contributed by atoms with E-state index in [1.54, 1.807) is 0 Å². The molecule has 10 heteroatoms. The van der Waals surface area contributed by atoms with Crippen LogP contribution in [0.4, 0.5) is 10.5 Å². The minimum Gasteiger partial charge on any atom is -0.343 e. The van der Waals surface area contributed by atoms with Crippen molar-refractivity contribution in [2.24, 2.45) is 5.16 Å². The van der Waals surface area contributed by atoms with Gasteiger partial charge in [-0.2, -0.15) is 0 Å². The molecule has 0 unspecified atom stereocenters. The average molecular weight is 373 g/mol. The molecule has 2 amide bonds. The lowest BCUT2D eigenvalue weighted by atomic mass is 10.3. The largest absolute Gasteiger partial charge is 0.437 e. The monoisotopic (exact) mass is 371 g/mol. The number of anilines is 1. The summed E-state index contributed by atoms with van der Waals surface area (Å²) in [6.45, 7) is 0. The molecule has 114 valence electrons. The van der Waals surface area contributed by atoms with Crippen molar-refractivity contribution in [3.63, 3.8) is 0 Å². The molecule has 0 fully saturated rings. The maximum atomic E-state index is 11.5. The first-order valence-electron chi connectivity index (χ1n) is 5.30. The van der Waals surface area contributed by atoms with Gasteiger partial charge in [-0.3, -0.25) is 14.9 Å². The normalized spacial score (nSPS) is 11.0. The molecule has 6 nitrogen and oxygen atoms in total. The number of nitrogens with one attached hydrogen (secondary N) is 1. The highest BCUT2D eigenvalue weighted by molar-refractivity contribution is 6.82. The van der Waals surface area contributed by atoms with Crippen LogP contribution in [-0.2, 0) is 9.63 Å². The van der Waals surface area contributed by atoms with Gasteiger partial charge in [-0.25, -0.2) is 4.79 Å². The van der Waals surface area contributed by atoms with Gasteiger partial charge in [0.2, 0.25) is 5.17 Å². The minimum atomic E-state index is -1.00. The van der Waals surface area contributed by atoms with Gasteiger partial charge in [0.05, 0.1) is 20.8 Å². The van der Waals surface area contributed by atoms with E-state index in [0.717, 1.165) is 0 Å². The highest BCUT2D eigenvalue weighted by Crippen LogP contribution is 2.32. The quantitative estimate of drug-likeness (QED) is 0.379. The van der Waals surface area contributed by atoms with Crippen molar-refractivity contribution in [3.05, 3.63) is 27.2 Å². The molecule has 1 aromatic rings. The zero-order chi connectivity index (χ0) is 16.2. The predicted octanol–water partition coefficient (Wildman–Crippen LogP) is 3.84. The summed E-state index contributed by atoms with van der Waals surface area (Å²) in [7, 11) is 2.94. The minimum absolute atomic E-state index is 0.154. The fraction of sp³-hybridized carbons (Fsp3) is 0.182. The van der Waals surface area contributed by atoms with E-state index in [-0.39, 0.29) is 20.8 Å². The van der Waals surface area contributed by atoms with E-state index in [1.807, 2.05) is 0 Å². The van der Waals surface area contributed by atoms with Crippen molar-refractivity contribution < 1.29 is 14.4 Å². The maximum Gasteiger partial charge on any atom is 0.437 e. The Hall–Kier alpha value is -1.21. The summed E-state index contributed by atoms with van der Waals surface area (Å²) in [5.74, 6) is -0.614. The number of hydrogen-bond donors (Lipinski definition) is 1. The molecule has 1 rings (SSSR count). The van der Waals surface area contributed by atoms with Gasteiger partial charge >= 0.3 is 6.09 Å². The lowest BCUT2D eigenvalue weighted by Crippen LogP contribution is -2.27. The molecule has 0 spiro atoms. The molecule has 0 saturated heterocycles. The Labute approximate surface area is 140 Å². The molecule has 1 aromatic carbocycles. The van der Waals surface area contributed by atoms with Gasteiger partial charge < -0.3 is 4.90 Å². The molecule has 21 heavy (non-hydrogen) atoms. The van der Waals surface area contributed by atoms with Crippen molar-refractivity contribution in [3.8, 4) is 0 Å². The van der Waals surface area contributed by atoms with Crippen LogP contribution in [0.1, 0.15) is 0 Å². The van der Waals surface area contributed by atoms with Gasteiger partial charge in [0.25, 0.3) is 5.91 Å². The van der Waals surface area contributed by atoms with Crippen molar-refractivity contribution >= 4 is 69.3 Å². The number of carbonyl (C=O) groups is 2. The summed E-state index contributed by atoms with van der Waals surface area (Å²) in [6.07, 6.45) is -1.00. The number of oxime groups is 1. The Bertz CT molecular complexity index is 605. The highest BCUT2D eigenvalue weighted by atomic mass is 35.5. The van der Waals surface area contributed by atoms with E-state index in [1.165, 1.54) is 31.1 Å².